The molecule has 1 unspecified atom stereocenters. The number of nitrogens with zero attached hydrogens (tertiary/aromatic N) is 3. The van der Waals surface area contributed by atoms with E-state index in [4.69, 9.17) is 5.73 Å². The van der Waals surface area contributed by atoms with E-state index >= 15 is 0 Å². The molecule has 1 atom stereocenters. The molecule has 1 fully saturated rings. The molecule has 0 saturated carbocycles. The van der Waals surface area contributed by atoms with Gasteiger partial charge in [0.15, 0.2) is 5.69 Å². The Labute approximate surface area is 107 Å². The van der Waals surface area contributed by atoms with E-state index in [1.807, 2.05) is 0 Å². The first-order valence-electron chi connectivity index (χ1n) is 6.39. The highest BCUT2D eigenvalue weighted by Gasteiger charge is 2.22. The Morgan fingerprint density at radius 3 is 3.00 bits per heavy atom. The van der Waals surface area contributed by atoms with Gasteiger partial charge in [0.2, 0.25) is 0 Å². The molecule has 0 aliphatic carbocycles. The molecule has 0 aromatic carbocycles. The van der Waals surface area contributed by atoms with E-state index in [1.54, 1.807) is 17.9 Å². The lowest BCUT2D eigenvalue weighted by Gasteiger charge is -2.13. The van der Waals surface area contributed by atoms with Gasteiger partial charge in [0, 0.05) is 26.3 Å². The fourth-order valence-electron chi connectivity index (χ4n) is 2.37. The van der Waals surface area contributed by atoms with Crippen LogP contribution < -0.4 is 11.1 Å². The Kier molecular flexibility index (Phi) is 3.86. The van der Waals surface area contributed by atoms with Crippen LogP contribution in [-0.4, -0.2) is 46.8 Å². The molecule has 1 aliphatic heterocycles. The number of likely N-dealkylation sites (tertiary alicyclic amines) is 1. The highest BCUT2D eigenvalue weighted by molar-refractivity contribution is 5.96. The minimum Gasteiger partial charge on any atom is -0.396 e. The summed E-state index contributed by atoms with van der Waals surface area (Å²) in [7, 11) is 1.75. The minimum atomic E-state index is -0.178. The van der Waals surface area contributed by atoms with Crippen LogP contribution in [0.2, 0.25) is 0 Å². The summed E-state index contributed by atoms with van der Waals surface area (Å²) in [5.74, 6) is 0.363. The summed E-state index contributed by atoms with van der Waals surface area (Å²) in [5.41, 5.74) is 6.47. The molecule has 2 heterocycles. The van der Waals surface area contributed by atoms with Gasteiger partial charge in [-0.3, -0.25) is 9.48 Å². The molecule has 18 heavy (non-hydrogen) atoms. The summed E-state index contributed by atoms with van der Waals surface area (Å²) >= 11 is 0. The Bertz CT molecular complexity index is 428. The molecular weight excluding hydrogens is 230 g/mol. The first kappa shape index (κ1) is 12.9. The van der Waals surface area contributed by atoms with Crippen LogP contribution in [0.1, 0.15) is 23.8 Å². The largest absolute Gasteiger partial charge is 0.396 e. The van der Waals surface area contributed by atoms with E-state index in [2.05, 4.69) is 22.2 Å². The van der Waals surface area contributed by atoms with E-state index in [1.165, 1.54) is 0 Å². The smallest absolute Gasteiger partial charge is 0.273 e. The van der Waals surface area contributed by atoms with Crippen molar-refractivity contribution >= 4 is 11.6 Å². The third-order valence-electron chi connectivity index (χ3n) is 3.44. The molecule has 100 valence electrons. The van der Waals surface area contributed by atoms with Crippen LogP contribution in [0.15, 0.2) is 6.20 Å². The van der Waals surface area contributed by atoms with Crippen LogP contribution in [0, 0.1) is 5.92 Å². The quantitative estimate of drug-likeness (QED) is 0.794. The van der Waals surface area contributed by atoms with Gasteiger partial charge in [0.25, 0.3) is 5.91 Å². The summed E-state index contributed by atoms with van der Waals surface area (Å²) in [4.78, 5) is 14.3. The maximum Gasteiger partial charge on any atom is 0.273 e. The van der Waals surface area contributed by atoms with Gasteiger partial charge in [-0.1, -0.05) is 6.92 Å². The molecule has 0 radical (unpaired) electrons. The Balaban J connectivity index is 1.84. The van der Waals surface area contributed by atoms with Crippen LogP contribution in [0.25, 0.3) is 0 Å². The average molecular weight is 251 g/mol. The van der Waals surface area contributed by atoms with Gasteiger partial charge in [0.05, 0.1) is 5.69 Å². The van der Waals surface area contributed by atoms with Gasteiger partial charge in [0.1, 0.15) is 0 Å². The lowest BCUT2D eigenvalue weighted by Crippen LogP contribution is -2.31. The predicted molar refractivity (Wildman–Crippen MR) is 70.2 cm³/mol. The van der Waals surface area contributed by atoms with E-state index in [9.17, 15) is 4.79 Å². The van der Waals surface area contributed by atoms with Crippen molar-refractivity contribution in [2.75, 3.05) is 31.9 Å². The molecule has 1 saturated heterocycles. The number of rotatable bonds is 4. The molecular formula is C12H21N5O. The monoisotopic (exact) mass is 251 g/mol. The summed E-state index contributed by atoms with van der Waals surface area (Å²) in [6.45, 7) is 6.13. The van der Waals surface area contributed by atoms with Gasteiger partial charge in [-0.05, 0) is 25.4 Å². The standard InChI is InChI=1S/C12H21N5O/c1-3-17-5-4-9(7-17)6-14-12(18)11-10(13)8-16(2)15-11/h8-9H,3-7,13H2,1-2H3,(H,14,18). The fraction of sp³-hybridized carbons (Fsp3) is 0.667. The van der Waals surface area contributed by atoms with Crippen molar-refractivity contribution in [1.82, 2.24) is 20.0 Å². The number of anilines is 1. The second-order valence-electron chi connectivity index (χ2n) is 4.86. The van der Waals surface area contributed by atoms with Gasteiger partial charge in [-0.15, -0.1) is 0 Å². The summed E-state index contributed by atoms with van der Waals surface area (Å²) in [5, 5.41) is 6.97. The van der Waals surface area contributed by atoms with E-state index < -0.39 is 0 Å². The molecule has 6 nitrogen and oxygen atoms in total. The summed E-state index contributed by atoms with van der Waals surface area (Å²) in [6, 6.07) is 0. The number of nitrogens with one attached hydrogen (secondary N) is 1. The lowest BCUT2D eigenvalue weighted by atomic mass is 10.1. The van der Waals surface area contributed by atoms with Gasteiger partial charge >= 0.3 is 0 Å². The zero-order valence-electron chi connectivity index (χ0n) is 11.0. The number of nitrogens with two attached hydrogens (primary N) is 1. The first-order valence-corrected chi connectivity index (χ1v) is 6.39. The second kappa shape index (κ2) is 5.39. The van der Waals surface area contributed by atoms with Crippen molar-refractivity contribution in [3.63, 3.8) is 0 Å². The maximum absolute atomic E-state index is 11.9. The normalized spacial score (nSPS) is 20.2. The lowest BCUT2D eigenvalue weighted by molar-refractivity contribution is 0.0942. The average Bonchev–Trinajstić information content (AvgIpc) is 2.92. The number of aromatic nitrogens is 2. The van der Waals surface area contributed by atoms with E-state index in [0.29, 0.717) is 23.8 Å². The highest BCUT2D eigenvalue weighted by atomic mass is 16.2. The Hall–Kier alpha value is -1.56. The fourth-order valence-corrected chi connectivity index (χ4v) is 2.37. The summed E-state index contributed by atoms with van der Waals surface area (Å²) < 4.78 is 1.55. The Morgan fingerprint density at radius 1 is 1.67 bits per heavy atom. The minimum absolute atomic E-state index is 0.178. The highest BCUT2D eigenvalue weighted by Crippen LogP contribution is 2.15. The number of amides is 1. The van der Waals surface area contributed by atoms with E-state index in [0.717, 1.165) is 26.1 Å². The number of carbonyl (C=O) groups is 1. The van der Waals surface area contributed by atoms with Crippen LogP contribution in [0.5, 0.6) is 0 Å². The number of hydrogen-bond donors (Lipinski definition) is 2. The zero-order chi connectivity index (χ0) is 13.1. The molecule has 6 heteroatoms. The van der Waals surface area contributed by atoms with Crippen molar-refractivity contribution in [2.45, 2.75) is 13.3 Å². The molecule has 1 amide bonds. The first-order chi connectivity index (χ1) is 8.60. The van der Waals surface area contributed by atoms with Gasteiger partial charge in [-0.2, -0.15) is 5.10 Å². The number of aryl methyl sites for hydroxylation is 1. The molecule has 1 aromatic rings. The number of nitrogen functional groups attached to an aromatic ring is 1. The molecule has 2 rings (SSSR count). The Morgan fingerprint density at radius 2 is 2.44 bits per heavy atom. The van der Waals surface area contributed by atoms with Crippen molar-refractivity contribution in [3.05, 3.63) is 11.9 Å². The summed E-state index contributed by atoms with van der Waals surface area (Å²) in [6.07, 6.45) is 2.79. The van der Waals surface area contributed by atoms with Crippen molar-refractivity contribution in [3.8, 4) is 0 Å². The maximum atomic E-state index is 11.9. The number of hydrogen-bond acceptors (Lipinski definition) is 4. The van der Waals surface area contributed by atoms with Gasteiger partial charge in [-0.25, -0.2) is 0 Å². The van der Waals surface area contributed by atoms with Crippen molar-refractivity contribution in [1.29, 1.82) is 0 Å². The van der Waals surface area contributed by atoms with Crippen LogP contribution in [0.3, 0.4) is 0 Å². The zero-order valence-corrected chi connectivity index (χ0v) is 11.0. The molecule has 1 aromatic heterocycles. The molecule has 3 N–H and O–H groups in total. The molecule has 1 aliphatic rings. The van der Waals surface area contributed by atoms with Crippen LogP contribution in [-0.2, 0) is 7.05 Å². The SMILES string of the molecule is CCN1CCC(CNC(=O)c2nn(C)cc2N)C1. The van der Waals surface area contributed by atoms with Crippen LogP contribution in [0.4, 0.5) is 5.69 Å². The number of carbonyl (C=O) groups excluding carboxylic acids is 1. The molecule has 0 spiro atoms. The third kappa shape index (κ3) is 2.81. The van der Waals surface area contributed by atoms with Crippen molar-refractivity contribution < 1.29 is 4.79 Å². The predicted octanol–water partition coefficient (Wildman–Crippen LogP) is 0.0739. The van der Waals surface area contributed by atoms with E-state index in [-0.39, 0.29) is 5.91 Å². The third-order valence-corrected chi connectivity index (χ3v) is 3.44. The van der Waals surface area contributed by atoms with Gasteiger partial charge < -0.3 is 16.0 Å². The van der Waals surface area contributed by atoms with Crippen molar-refractivity contribution in [2.24, 2.45) is 13.0 Å². The second-order valence-corrected chi connectivity index (χ2v) is 4.86. The molecule has 0 bridgehead atoms. The van der Waals surface area contributed by atoms with Crippen LogP contribution >= 0.6 is 0 Å². The topological polar surface area (TPSA) is 76.2 Å².